The zero-order chi connectivity index (χ0) is 13.9. The van der Waals surface area contributed by atoms with Gasteiger partial charge in [-0.05, 0) is 49.1 Å². The van der Waals surface area contributed by atoms with Gasteiger partial charge in [-0.25, -0.2) is 4.39 Å². The Bertz CT molecular complexity index is 549. The van der Waals surface area contributed by atoms with Crippen molar-refractivity contribution in [2.75, 3.05) is 0 Å². The van der Waals surface area contributed by atoms with E-state index in [0.29, 0.717) is 12.8 Å². The molecule has 0 heterocycles. The van der Waals surface area contributed by atoms with Gasteiger partial charge in [-0.1, -0.05) is 41.9 Å². The minimum atomic E-state index is -0.414. The van der Waals surface area contributed by atoms with E-state index in [0.717, 1.165) is 16.1 Å². The third-order valence-electron chi connectivity index (χ3n) is 3.07. The second-order valence-corrected chi connectivity index (χ2v) is 5.63. The van der Waals surface area contributed by atoms with Gasteiger partial charge in [0.25, 0.3) is 0 Å². The van der Waals surface area contributed by atoms with Crippen LogP contribution in [0.25, 0.3) is 0 Å². The van der Waals surface area contributed by atoms with Gasteiger partial charge in [0, 0.05) is 10.6 Å². The number of hydrogen-bond donors (Lipinski definition) is 1. The van der Waals surface area contributed by atoms with Crippen molar-refractivity contribution >= 4 is 11.6 Å². The number of hydrogen-bond acceptors (Lipinski definition) is 1. The standard InChI is InChI=1S/C16H17ClFN/c1-16(19,10-12-6-8-14(18)9-7-12)11-13-4-2-3-5-15(13)17/h2-9H,10-11,19H2,1H3. The highest BCUT2D eigenvalue weighted by atomic mass is 35.5. The van der Waals surface area contributed by atoms with E-state index in [2.05, 4.69) is 0 Å². The molecule has 2 N–H and O–H groups in total. The molecule has 19 heavy (non-hydrogen) atoms. The molecule has 0 aliphatic heterocycles. The van der Waals surface area contributed by atoms with Crippen LogP contribution in [0, 0.1) is 5.82 Å². The van der Waals surface area contributed by atoms with Gasteiger partial charge in [0.1, 0.15) is 5.82 Å². The summed E-state index contributed by atoms with van der Waals surface area (Å²) in [7, 11) is 0. The van der Waals surface area contributed by atoms with Crippen LogP contribution in [0.1, 0.15) is 18.1 Å². The molecule has 2 rings (SSSR count). The lowest BCUT2D eigenvalue weighted by molar-refractivity contribution is 0.462. The molecule has 3 heteroatoms. The van der Waals surface area contributed by atoms with Gasteiger partial charge in [0.2, 0.25) is 0 Å². The van der Waals surface area contributed by atoms with Gasteiger partial charge in [-0.15, -0.1) is 0 Å². The highest BCUT2D eigenvalue weighted by Crippen LogP contribution is 2.22. The van der Waals surface area contributed by atoms with Crippen LogP contribution in [0.15, 0.2) is 48.5 Å². The first-order valence-electron chi connectivity index (χ1n) is 6.23. The largest absolute Gasteiger partial charge is 0.325 e. The normalized spacial score (nSPS) is 14.1. The van der Waals surface area contributed by atoms with E-state index in [1.807, 2.05) is 31.2 Å². The highest BCUT2D eigenvalue weighted by molar-refractivity contribution is 6.31. The van der Waals surface area contributed by atoms with Crippen molar-refractivity contribution < 1.29 is 4.39 Å². The maximum Gasteiger partial charge on any atom is 0.123 e. The van der Waals surface area contributed by atoms with Crippen LogP contribution in [-0.2, 0) is 12.8 Å². The molecule has 0 saturated heterocycles. The van der Waals surface area contributed by atoms with E-state index < -0.39 is 5.54 Å². The van der Waals surface area contributed by atoms with Gasteiger partial charge < -0.3 is 5.73 Å². The molecule has 2 aromatic carbocycles. The van der Waals surface area contributed by atoms with Crippen LogP contribution < -0.4 is 5.73 Å². The van der Waals surface area contributed by atoms with Gasteiger partial charge in [-0.3, -0.25) is 0 Å². The third kappa shape index (κ3) is 4.05. The predicted octanol–water partition coefficient (Wildman–Crippen LogP) is 3.98. The molecule has 0 amide bonds. The molecule has 0 aromatic heterocycles. The van der Waals surface area contributed by atoms with Crippen molar-refractivity contribution in [1.29, 1.82) is 0 Å². The maximum atomic E-state index is 12.9. The van der Waals surface area contributed by atoms with E-state index in [9.17, 15) is 4.39 Å². The van der Waals surface area contributed by atoms with Crippen molar-refractivity contribution in [1.82, 2.24) is 0 Å². The minimum absolute atomic E-state index is 0.228. The summed E-state index contributed by atoms with van der Waals surface area (Å²) in [6.07, 6.45) is 1.36. The summed E-state index contributed by atoms with van der Waals surface area (Å²) < 4.78 is 12.9. The Balaban J connectivity index is 2.10. The van der Waals surface area contributed by atoms with Crippen LogP contribution in [0.5, 0.6) is 0 Å². The van der Waals surface area contributed by atoms with Crippen LogP contribution >= 0.6 is 11.6 Å². The zero-order valence-corrected chi connectivity index (χ0v) is 11.6. The lowest BCUT2D eigenvalue weighted by Gasteiger charge is -2.25. The lowest BCUT2D eigenvalue weighted by Crippen LogP contribution is -2.41. The van der Waals surface area contributed by atoms with Gasteiger partial charge >= 0.3 is 0 Å². The van der Waals surface area contributed by atoms with Crippen LogP contribution in [-0.4, -0.2) is 5.54 Å². The summed E-state index contributed by atoms with van der Waals surface area (Å²) in [5.41, 5.74) is 7.99. The molecule has 1 nitrogen and oxygen atoms in total. The Morgan fingerprint density at radius 1 is 1.05 bits per heavy atom. The minimum Gasteiger partial charge on any atom is -0.325 e. The van der Waals surface area contributed by atoms with Crippen LogP contribution in [0.4, 0.5) is 4.39 Å². The molecule has 0 fully saturated rings. The molecule has 1 unspecified atom stereocenters. The topological polar surface area (TPSA) is 26.0 Å². The molecule has 0 bridgehead atoms. The fourth-order valence-corrected chi connectivity index (χ4v) is 2.41. The SMILES string of the molecule is CC(N)(Cc1ccc(F)cc1)Cc1ccccc1Cl. The van der Waals surface area contributed by atoms with Crippen LogP contribution in [0.3, 0.4) is 0 Å². The summed E-state index contributed by atoms with van der Waals surface area (Å²) in [5.74, 6) is -0.228. The fraction of sp³-hybridized carbons (Fsp3) is 0.250. The third-order valence-corrected chi connectivity index (χ3v) is 3.44. The quantitative estimate of drug-likeness (QED) is 0.899. The van der Waals surface area contributed by atoms with Gasteiger partial charge in [0.05, 0.1) is 0 Å². The summed E-state index contributed by atoms with van der Waals surface area (Å²) in [4.78, 5) is 0. The number of halogens is 2. The smallest absolute Gasteiger partial charge is 0.123 e. The monoisotopic (exact) mass is 277 g/mol. The average molecular weight is 278 g/mol. The summed E-state index contributed by atoms with van der Waals surface area (Å²) in [6, 6.07) is 14.2. The van der Waals surface area contributed by atoms with Gasteiger partial charge in [0.15, 0.2) is 0 Å². The maximum absolute atomic E-state index is 12.9. The molecule has 0 radical (unpaired) electrons. The molecule has 100 valence electrons. The molecule has 0 aliphatic rings. The second-order valence-electron chi connectivity index (χ2n) is 5.23. The summed E-state index contributed by atoms with van der Waals surface area (Å²) >= 11 is 6.15. The van der Waals surface area contributed by atoms with Crippen molar-refractivity contribution in [3.63, 3.8) is 0 Å². The van der Waals surface area contributed by atoms with E-state index in [1.54, 1.807) is 12.1 Å². The predicted molar refractivity (Wildman–Crippen MR) is 77.9 cm³/mol. The summed E-state index contributed by atoms with van der Waals surface area (Å²) in [6.45, 7) is 1.99. The Labute approximate surface area is 118 Å². The van der Waals surface area contributed by atoms with Crippen molar-refractivity contribution in [3.05, 3.63) is 70.5 Å². The average Bonchev–Trinajstić information content (AvgIpc) is 2.35. The molecular weight excluding hydrogens is 261 g/mol. The molecule has 1 atom stereocenters. The Hall–Kier alpha value is -1.38. The molecule has 0 saturated carbocycles. The van der Waals surface area contributed by atoms with E-state index in [1.165, 1.54) is 12.1 Å². The first kappa shape index (κ1) is 14.0. The number of nitrogens with two attached hydrogens (primary N) is 1. The van der Waals surface area contributed by atoms with Crippen molar-refractivity contribution in [2.45, 2.75) is 25.3 Å². The van der Waals surface area contributed by atoms with E-state index in [-0.39, 0.29) is 5.82 Å². The van der Waals surface area contributed by atoms with Crippen LogP contribution in [0.2, 0.25) is 5.02 Å². The fourth-order valence-electron chi connectivity index (χ4n) is 2.21. The Kier molecular flexibility index (Phi) is 4.23. The second kappa shape index (κ2) is 5.72. The van der Waals surface area contributed by atoms with Crippen molar-refractivity contribution in [2.24, 2.45) is 5.73 Å². The zero-order valence-electron chi connectivity index (χ0n) is 10.9. The van der Waals surface area contributed by atoms with E-state index in [4.69, 9.17) is 17.3 Å². The Morgan fingerprint density at radius 3 is 2.32 bits per heavy atom. The molecule has 0 spiro atoms. The molecule has 2 aromatic rings. The Morgan fingerprint density at radius 2 is 1.68 bits per heavy atom. The molecule has 0 aliphatic carbocycles. The van der Waals surface area contributed by atoms with E-state index >= 15 is 0 Å². The van der Waals surface area contributed by atoms with Gasteiger partial charge in [-0.2, -0.15) is 0 Å². The summed E-state index contributed by atoms with van der Waals surface area (Å²) in [5, 5.41) is 0.735. The molecular formula is C16H17ClFN. The lowest BCUT2D eigenvalue weighted by atomic mass is 9.87. The number of benzene rings is 2. The highest BCUT2D eigenvalue weighted by Gasteiger charge is 2.20. The number of rotatable bonds is 4. The first-order valence-corrected chi connectivity index (χ1v) is 6.61. The first-order chi connectivity index (χ1) is 8.96. The van der Waals surface area contributed by atoms with Crippen molar-refractivity contribution in [3.8, 4) is 0 Å².